The Labute approximate surface area is 193 Å². The topological polar surface area (TPSA) is 84.1 Å². The number of hydrogen-bond acceptors (Lipinski definition) is 4. The van der Waals surface area contributed by atoms with Crippen LogP contribution in [-0.4, -0.2) is 44.6 Å². The van der Waals surface area contributed by atoms with Gasteiger partial charge < -0.3 is 9.32 Å². The average molecular weight is 464 g/mol. The highest BCUT2D eigenvalue weighted by Crippen LogP contribution is 2.50. The number of benzene rings is 2. The molecule has 1 aliphatic carbocycles. The maximum absolute atomic E-state index is 13.3. The number of fused-ring (bicyclic) bond motifs is 1. The normalized spacial score (nSPS) is 21.3. The zero-order valence-electron chi connectivity index (χ0n) is 18.2. The third-order valence-corrected chi connectivity index (χ3v) is 6.85. The number of alkyl halides is 2. The van der Waals surface area contributed by atoms with Crippen LogP contribution in [0.4, 0.5) is 8.78 Å². The molecule has 3 heterocycles. The lowest BCUT2D eigenvalue weighted by Crippen LogP contribution is -2.32. The van der Waals surface area contributed by atoms with Crippen LogP contribution < -0.4 is 5.69 Å². The van der Waals surface area contributed by atoms with E-state index in [0.29, 0.717) is 31.9 Å². The first-order chi connectivity index (χ1) is 16.4. The lowest BCUT2D eigenvalue weighted by Gasteiger charge is -2.17. The van der Waals surface area contributed by atoms with Gasteiger partial charge in [-0.2, -0.15) is 5.10 Å². The molecule has 2 aliphatic rings. The van der Waals surface area contributed by atoms with Gasteiger partial charge in [-0.3, -0.25) is 9.36 Å². The van der Waals surface area contributed by atoms with Crippen LogP contribution in [0.2, 0.25) is 0 Å². The van der Waals surface area contributed by atoms with Gasteiger partial charge in [0.1, 0.15) is 11.5 Å². The van der Waals surface area contributed by atoms with Crippen molar-refractivity contribution in [3.63, 3.8) is 0 Å². The van der Waals surface area contributed by atoms with E-state index in [-0.39, 0.29) is 18.0 Å². The second-order valence-corrected chi connectivity index (χ2v) is 9.17. The Morgan fingerprint density at radius 2 is 1.85 bits per heavy atom. The molecule has 4 aromatic rings. The molecule has 2 unspecified atom stereocenters. The molecule has 2 aromatic carbocycles. The molecule has 0 radical (unpaired) electrons. The number of likely N-dealkylation sites (tertiary alicyclic amines) is 1. The number of rotatable bonds is 5. The minimum atomic E-state index is -2.86. The van der Waals surface area contributed by atoms with Crippen molar-refractivity contribution in [2.45, 2.75) is 25.3 Å². The van der Waals surface area contributed by atoms with Gasteiger partial charge in [-0.1, -0.05) is 30.3 Å². The SMILES string of the molecule is O=C(C1CC1(F)F)N1CCC(Cn2c(-c3ccc(-c4ccc5occc5c4)cc3)n[nH]c2=O)C1. The number of nitrogens with zero attached hydrogens (tertiary/aromatic N) is 3. The van der Waals surface area contributed by atoms with Crippen LogP contribution in [0.3, 0.4) is 0 Å². The van der Waals surface area contributed by atoms with Crippen molar-refractivity contribution in [2.75, 3.05) is 13.1 Å². The molecule has 0 bridgehead atoms. The van der Waals surface area contributed by atoms with Crippen molar-refractivity contribution in [3.8, 4) is 22.5 Å². The van der Waals surface area contributed by atoms with Gasteiger partial charge in [0.15, 0.2) is 5.82 Å². The number of H-pyrrole nitrogens is 1. The van der Waals surface area contributed by atoms with E-state index in [1.165, 1.54) is 4.90 Å². The van der Waals surface area contributed by atoms with E-state index < -0.39 is 17.7 Å². The second kappa shape index (κ2) is 7.65. The molecule has 1 aliphatic heterocycles. The smallest absolute Gasteiger partial charge is 0.343 e. The van der Waals surface area contributed by atoms with E-state index in [1.54, 1.807) is 10.8 Å². The summed E-state index contributed by atoms with van der Waals surface area (Å²) in [6.07, 6.45) is 1.97. The third-order valence-electron chi connectivity index (χ3n) is 6.85. The lowest BCUT2D eigenvalue weighted by atomic mass is 10.0. The second-order valence-electron chi connectivity index (χ2n) is 9.17. The van der Waals surface area contributed by atoms with Crippen molar-refractivity contribution in [1.82, 2.24) is 19.7 Å². The fraction of sp³-hybridized carbons (Fsp3) is 0.320. The predicted octanol–water partition coefficient (Wildman–Crippen LogP) is 4.16. The third kappa shape index (κ3) is 3.61. The number of carbonyl (C=O) groups excluding carboxylic acids is 1. The highest BCUT2D eigenvalue weighted by molar-refractivity contribution is 5.84. The number of nitrogens with one attached hydrogen (secondary N) is 1. The van der Waals surface area contributed by atoms with Crippen molar-refractivity contribution < 1.29 is 18.0 Å². The van der Waals surface area contributed by atoms with Gasteiger partial charge in [0.2, 0.25) is 5.91 Å². The number of halogens is 2. The molecule has 9 heteroatoms. The number of carbonyl (C=O) groups is 1. The van der Waals surface area contributed by atoms with Crippen LogP contribution in [0.1, 0.15) is 12.8 Å². The summed E-state index contributed by atoms with van der Waals surface area (Å²) in [6.45, 7) is 1.18. The summed E-state index contributed by atoms with van der Waals surface area (Å²) in [5, 5.41) is 7.75. The van der Waals surface area contributed by atoms with Crippen molar-refractivity contribution in [3.05, 3.63) is 65.3 Å². The number of aromatic amines is 1. The molecule has 174 valence electrons. The number of aromatic nitrogens is 3. The maximum atomic E-state index is 13.3. The fourth-order valence-electron chi connectivity index (χ4n) is 4.81. The van der Waals surface area contributed by atoms with E-state index in [2.05, 4.69) is 16.3 Å². The summed E-state index contributed by atoms with van der Waals surface area (Å²) in [5.41, 5.74) is 3.37. The molecule has 34 heavy (non-hydrogen) atoms. The van der Waals surface area contributed by atoms with Crippen LogP contribution in [0.15, 0.2) is 64.0 Å². The number of hydrogen-bond donors (Lipinski definition) is 1. The summed E-state index contributed by atoms with van der Waals surface area (Å²) in [5.74, 6) is -3.99. The Hall–Kier alpha value is -3.75. The molecule has 2 aromatic heterocycles. The molecular weight excluding hydrogens is 442 g/mol. The maximum Gasteiger partial charge on any atom is 0.343 e. The van der Waals surface area contributed by atoms with Crippen LogP contribution in [0, 0.1) is 11.8 Å². The van der Waals surface area contributed by atoms with Gasteiger partial charge in [-0.15, -0.1) is 0 Å². The molecule has 2 fully saturated rings. The quantitative estimate of drug-likeness (QED) is 0.481. The van der Waals surface area contributed by atoms with E-state index in [0.717, 1.165) is 27.7 Å². The Morgan fingerprint density at radius 1 is 1.12 bits per heavy atom. The van der Waals surface area contributed by atoms with E-state index in [1.807, 2.05) is 42.5 Å². The summed E-state index contributed by atoms with van der Waals surface area (Å²) in [7, 11) is 0. The molecule has 1 N–H and O–H groups in total. The van der Waals surface area contributed by atoms with Crippen molar-refractivity contribution >= 4 is 16.9 Å². The predicted molar refractivity (Wildman–Crippen MR) is 121 cm³/mol. The monoisotopic (exact) mass is 464 g/mol. The van der Waals surface area contributed by atoms with Gasteiger partial charge in [0, 0.05) is 37.0 Å². The Kier molecular flexibility index (Phi) is 4.68. The van der Waals surface area contributed by atoms with Crippen molar-refractivity contribution in [1.29, 1.82) is 0 Å². The minimum Gasteiger partial charge on any atom is -0.464 e. The number of amides is 1. The zero-order valence-corrected chi connectivity index (χ0v) is 18.2. The standard InChI is InChI=1S/C25H22F2N4O3/c26-25(27)12-20(25)23(32)30-9-7-15(13-30)14-31-22(28-29-24(31)33)17-3-1-16(2-4-17)18-5-6-21-19(11-18)8-10-34-21/h1-6,8,10-11,15,20H,7,9,12-14H2,(H,29,33). The first kappa shape index (κ1) is 20.8. The molecule has 6 rings (SSSR count). The molecule has 7 nitrogen and oxygen atoms in total. The molecule has 1 saturated heterocycles. The Morgan fingerprint density at radius 3 is 2.62 bits per heavy atom. The average Bonchev–Trinajstić information content (AvgIpc) is 3.29. The van der Waals surface area contributed by atoms with Gasteiger partial charge in [0.05, 0.1) is 6.26 Å². The summed E-state index contributed by atoms with van der Waals surface area (Å²) in [4.78, 5) is 26.3. The van der Waals surface area contributed by atoms with E-state index in [4.69, 9.17) is 4.42 Å². The molecule has 2 atom stereocenters. The first-order valence-corrected chi connectivity index (χ1v) is 11.3. The van der Waals surface area contributed by atoms with Crippen LogP contribution in [-0.2, 0) is 11.3 Å². The summed E-state index contributed by atoms with van der Waals surface area (Å²) < 4.78 is 33.5. The van der Waals surface area contributed by atoms with Crippen LogP contribution >= 0.6 is 0 Å². The van der Waals surface area contributed by atoms with Gasteiger partial charge >= 0.3 is 5.69 Å². The first-order valence-electron chi connectivity index (χ1n) is 11.3. The lowest BCUT2D eigenvalue weighted by molar-refractivity contribution is -0.133. The Balaban J connectivity index is 1.19. The number of furan rings is 1. The van der Waals surface area contributed by atoms with Crippen molar-refractivity contribution in [2.24, 2.45) is 11.8 Å². The van der Waals surface area contributed by atoms with Gasteiger partial charge in [0.25, 0.3) is 5.92 Å². The van der Waals surface area contributed by atoms with Crippen LogP contribution in [0.5, 0.6) is 0 Å². The minimum absolute atomic E-state index is 0.00586. The van der Waals surface area contributed by atoms with Crippen LogP contribution in [0.25, 0.3) is 33.5 Å². The van der Waals surface area contributed by atoms with Gasteiger partial charge in [-0.25, -0.2) is 18.7 Å². The molecule has 1 saturated carbocycles. The highest BCUT2D eigenvalue weighted by atomic mass is 19.3. The highest BCUT2D eigenvalue weighted by Gasteiger charge is 2.62. The zero-order chi connectivity index (χ0) is 23.4. The van der Waals surface area contributed by atoms with E-state index >= 15 is 0 Å². The molecule has 1 amide bonds. The summed E-state index contributed by atoms with van der Waals surface area (Å²) in [6, 6.07) is 15.7. The molecular formula is C25H22F2N4O3. The molecule has 0 spiro atoms. The largest absolute Gasteiger partial charge is 0.464 e. The fourth-order valence-corrected chi connectivity index (χ4v) is 4.81. The Bertz CT molecular complexity index is 1440. The summed E-state index contributed by atoms with van der Waals surface area (Å²) >= 11 is 0. The van der Waals surface area contributed by atoms with Gasteiger partial charge in [-0.05, 0) is 41.7 Å². The van der Waals surface area contributed by atoms with E-state index in [9.17, 15) is 18.4 Å².